The fourth-order valence-electron chi connectivity index (χ4n) is 5.03. The molecule has 0 saturated heterocycles. The Bertz CT molecular complexity index is 1430. The van der Waals surface area contributed by atoms with Crippen LogP contribution in [0.5, 0.6) is 11.5 Å². The number of para-hydroxylation sites is 3. The van der Waals surface area contributed by atoms with Gasteiger partial charge in [-0.25, -0.2) is 0 Å². The van der Waals surface area contributed by atoms with Crippen LogP contribution in [0.1, 0.15) is 0 Å². The quantitative estimate of drug-likeness (QED) is 0.337. The molecule has 4 heteroatoms. The van der Waals surface area contributed by atoms with Crippen LogP contribution in [0.25, 0.3) is 0 Å². The number of ether oxygens (including phenoxy) is 1. The fourth-order valence-corrected chi connectivity index (χ4v) is 10.2. The molecule has 1 aliphatic rings. The minimum absolute atomic E-state index is 0.672. The molecule has 0 saturated carbocycles. The number of nitrogens with one attached hydrogen (secondary N) is 1. The Hall–Kier alpha value is -3.79. The summed E-state index contributed by atoms with van der Waals surface area (Å²) in [5, 5.41) is 9.35. The van der Waals surface area contributed by atoms with Crippen molar-refractivity contribution in [2.75, 3.05) is 5.32 Å². The standard InChI is InChI=1S/C30H22ClNOSi/c31-24-16-7-8-17-25(24)32-26-18-11-21-29-30(26)33-27-19-9-10-20-28(27)34(29,22-12-3-1-4-13-22)23-14-5-2-6-15-23/h1-21,32H. The van der Waals surface area contributed by atoms with Crippen molar-refractivity contribution >= 4 is 51.8 Å². The average molecular weight is 476 g/mol. The van der Waals surface area contributed by atoms with E-state index in [0.29, 0.717) is 5.02 Å². The summed E-state index contributed by atoms with van der Waals surface area (Å²) in [7, 11) is -2.64. The van der Waals surface area contributed by atoms with Crippen molar-refractivity contribution in [3.8, 4) is 11.5 Å². The third-order valence-corrected chi connectivity index (χ3v) is 11.6. The molecule has 0 spiro atoms. The van der Waals surface area contributed by atoms with Crippen LogP contribution >= 0.6 is 11.6 Å². The molecule has 34 heavy (non-hydrogen) atoms. The lowest BCUT2D eigenvalue weighted by molar-refractivity contribution is 0.489. The van der Waals surface area contributed by atoms with Crippen LogP contribution in [-0.4, -0.2) is 8.07 Å². The number of hydrogen-bond donors (Lipinski definition) is 1. The van der Waals surface area contributed by atoms with E-state index >= 15 is 0 Å². The van der Waals surface area contributed by atoms with E-state index in [1.54, 1.807) is 0 Å². The monoisotopic (exact) mass is 475 g/mol. The Morgan fingerprint density at radius 3 is 1.79 bits per heavy atom. The SMILES string of the molecule is Clc1ccccc1Nc1cccc2c1Oc1ccccc1[Si]2(c1ccccc1)c1ccccc1. The Kier molecular flexibility index (Phi) is 5.21. The molecule has 5 aromatic rings. The summed E-state index contributed by atoms with van der Waals surface area (Å²) in [6, 6.07) is 44.4. The zero-order chi connectivity index (χ0) is 23.0. The second kappa shape index (κ2) is 8.53. The lowest BCUT2D eigenvalue weighted by atomic mass is 10.2. The molecule has 0 radical (unpaired) electrons. The maximum absolute atomic E-state index is 6.65. The van der Waals surface area contributed by atoms with Gasteiger partial charge in [0.25, 0.3) is 0 Å². The van der Waals surface area contributed by atoms with Gasteiger partial charge in [0.05, 0.1) is 16.4 Å². The van der Waals surface area contributed by atoms with Crippen molar-refractivity contribution < 1.29 is 4.74 Å². The van der Waals surface area contributed by atoms with Crippen LogP contribution in [0.2, 0.25) is 5.02 Å². The molecule has 1 heterocycles. The van der Waals surface area contributed by atoms with Gasteiger partial charge in [-0.15, -0.1) is 0 Å². The fraction of sp³-hybridized carbons (Fsp3) is 0. The molecule has 0 aromatic heterocycles. The summed E-state index contributed by atoms with van der Waals surface area (Å²) in [6.45, 7) is 0. The Morgan fingerprint density at radius 1 is 0.529 bits per heavy atom. The van der Waals surface area contributed by atoms with E-state index in [-0.39, 0.29) is 0 Å². The highest BCUT2D eigenvalue weighted by atomic mass is 35.5. The first-order chi connectivity index (χ1) is 16.8. The molecule has 1 aliphatic heterocycles. The van der Waals surface area contributed by atoms with Crippen molar-refractivity contribution in [2.45, 2.75) is 0 Å². The maximum Gasteiger partial charge on any atom is 0.188 e. The van der Waals surface area contributed by atoms with Crippen LogP contribution in [0, 0.1) is 0 Å². The number of rotatable bonds is 4. The predicted molar refractivity (Wildman–Crippen MR) is 145 cm³/mol. The largest absolute Gasteiger partial charge is 0.455 e. The number of benzene rings is 5. The van der Waals surface area contributed by atoms with Crippen molar-refractivity contribution in [2.24, 2.45) is 0 Å². The topological polar surface area (TPSA) is 21.3 Å². The molecular formula is C30H22ClNOSi. The van der Waals surface area contributed by atoms with Crippen molar-refractivity contribution in [1.82, 2.24) is 0 Å². The summed E-state index contributed by atoms with van der Waals surface area (Å²) in [6.07, 6.45) is 0. The molecule has 6 rings (SSSR count). The molecular weight excluding hydrogens is 454 g/mol. The molecule has 0 aliphatic carbocycles. The maximum atomic E-state index is 6.65. The van der Waals surface area contributed by atoms with Gasteiger partial charge in [0.1, 0.15) is 5.75 Å². The third-order valence-electron chi connectivity index (χ3n) is 6.48. The van der Waals surface area contributed by atoms with Gasteiger partial charge in [-0.2, -0.15) is 0 Å². The van der Waals surface area contributed by atoms with E-state index in [1.165, 1.54) is 20.7 Å². The van der Waals surface area contributed by atoms with Gasteiger partial charge in [0, 0.05) is 0 Å². The number of anilines is 2. The number of hydrogen-bond acceptors (Lipinski definition) is 2. The van der Waals surface area contributed by atoms with E-state index < -0.39 is 8.07 Å². The van der Waals surface area contributed by atoms with Crippen molar-refractivity contribution in [3.05, 3.63) is 132 Å². The van der Waals surface area contributed by atoms with Gasteiger partial charge in [0.2, 0.25) is 0 Å². The van der Waals surface area contributed by atoms with E-state index in [4.69, 9.17) is 16.3 Å². The summed E-state index contributed by atoms with van der Waals surface area (Å²) in [4.78, 5) is 0. The molecule has 0 unspecified atom stereocenters. The lowest BCUT2D eigenvalue weighted by Gasteiger charge is -2.40. The first-order valence-corrected chi connectivity index (χ1v) is 13.7. The van der Waals surface area contributed by atoms with Gasteiger partial charge in [0.15, 0.2) is 13.8 Å². The lowest BCUT2D eigenvalue weighted by Crippen LogP contribution is -2.76. The van der Waals surface area contributed by atoms with E-state index in [9.17, 15) is 0 Å². The van der Waals surface area contributed by atoms with Gasteiger partial charge in [-0.3, -0.25) is 0 Å². The van der Waals surface area contributed by atoms with Crippen LogP contribution < -0.4 is 30.8 Å². The van der Waals surface area contributed by atoms with E-state index in [0.717, 1.165) is 22.9 Å². The molecule has 0 amide bonds. The van der Waals surface area contributed by atoms with Crippen molar-refractivity contribution in [3.63, 3.8) is 0 Å². The highest BCUT2D eigenvalue weighted by Crippen LogP contribution is 2.37. The highest BCUT2D eigenvalue weighted by molar-refractivity contribution is 7.20. The summed E-state index contributed by atoms with van der Waals surface area (Å²) < 4.78 is 6.65. The highest BCUT2D eigenvalue weighted by Gasteiger charge is 2.48. The first kappa shape index (κ1) is 20.8. The number of halogens is 1. The van der Waals surface area contributed by atoms with Crippen LogP contribution in [-0.2, 0) is 0 Å². The van der Waals surface area contributed by atoms with Gasteiger partial charge in [-0.05, 0) is 45.0 Å². The molecule has 2 nitrogen and oxygen atoms in total. The summed E-state index contributed by atoms with van der Waals surface area (Å²) in [5.41, 5.74) is 1.76. The Balaban J connectivity index is 1.68. The second-order valence-corrected chi connectivity index (χ2v) is 12.5. The van der Waals surface area contributed by atoms with E-state index in [2.05, 4.69) is 102 Å². The molecule has 0 bridgehead atoms. The minimum atomic E-state index is -2.64. The summed E-state index contributed by atoms with van der Waals surface area (Å²) >= 11 is 6.49. The smallest absolute Gasteiger partial charge is 0.188 e. The molecule has 0 fully saturated rings. The molecule has 5 aromatic carbocycles. The second-order valence-electron chi connectivity index (χ2n) is 8.37. The molecule has 164 valence electrons. The van der Waals surface area contributed by atoms with Gasteiger partial charge >= 0.3 is 0 Å². The third kappa shape index (κ3) is 3.25. The average Bonchev–Trinajstić information content (AvgIpc) is 2.90. The minimum Gasteiger partial charge on any atom is -0.455 e. The van der Waals surface area contributed by atoms with Gasteiger partial charge < -0.3 is 10.1 Å². The van der Waals surface area contributed by atoms with Crippen molar-refractivity contribution in [1.29, 1.82) is 0 Å². The predicted octanol–water partition coefficient (Wildman–Crippen LogP) is 5.57. The number of fused-ring (bicyclic) bond motifs is 2. The Morgan fingerprint density at radius 2 is 1.09 bits per heavy atom. The molecule has 1 N–H and O–H groups in total. The summed E-state index contributed by atoms with van der Waals surface area (Å²) in [5.74, 6) is 1.77. The zero-order valence-corrected chi connectivity index (χ0v) is 20.2. The van der Waals surface area contributed by atoms with Crippen LogP contribution in [0.3, 0.4) is 0 Å². The van der Waals surface area contributed by atoms with Crippen LogP contribution in [0.15, 0.2) is 127 Å². The van der Waals surface area contributed by atoms with E-state index in [1.807, 2.05) is 30.3 Å². The first-order valence-electron chi connectivity index (χ1n) is 11.3. The zero-order valence-electron chi connectivity index (χ0n) is 18.4. The van der Waals surface area contributed by atoms with Gasteiger partial charge in [-0.1, -0.05) is 115 Å². The normalized spacial score (nSPS) is 13.3. The van der Waals surface area contributed by atoms with Crippen LogP contribution in [0.4, 0.5) is 11.4 Å². The molecule has 0 atom stereocenters. The Labute approximate surface area is 205 Å².